The van der Waals surface area contributed by atoms with Crippen LogP contribution in [-0.4, -0.2) is 27.0 Å². The molecule has 20 heavy (non-hydrogen) atoms. The van der Waals surface area contributed by atoms with Gasteiger partial charge in [0, 0.05) is 18.6 Å². The van der Waals surface area contributed by atoms with Crippen molar-refractivity contribution in [2.75, 3.05) is 0 Å². The van der Waals surface area contributed by atoms with Crippen molar-refractivity contribution in [3.63, 3.8) is 0 Å². The van der Waals surface area contributed by atoms with Crippen LogP contribution in [0.5, 0.6) is 0 Å². The molecule has 2 atom stereocenters. The van der Waals surface area contributed by atoms with Crippen molar-refractivity contribution in [1.82, 2.24) is 14.9 Å². The van der Waals surface area contributed by atoms with Crippen LogP contribution in [0.4, 0.5) is 0 Å². The molecule has 2 N–H and O–H groups in total. The summed E-state index contributed by atoms with van der Waals surface area (Å²) in [5, 5.41) is 0. The molecule has 5 heteroatoms. The molecule has 1 fully saturated rings. The Morgan fingerprint density at radius 3 is 2.80 bits per heavy atom. The highest BCUT2D eigenvalue weighted by atomic mass is 16.2. The van der Waals surface area contributed by atoms with Crippen LogP contribution in [0, 0.1) is 0 Å². The van der Waals surface area contributed by atoms with Gasteiger partial charge in [0.15, 0.2) is 0 Å². The molecule has 2 aromatic rings. The molecule has 1 aromatic carbocycles. The van der Waals surface area contributed by atoms with E-state index < -0.39 is 11.1 Å². The summed E-state index contributed by atoms with van der Waals surface area (Å²) in [6, 6.07) is 5.22. The Morgan fingerprint density at radius 2 is 1.95 bits per heavy atom. The Hall–Kier alpha value is -1.88. The average molecular weight is 271 g/mol. The van der Waals surface area contributed by atoms with Crippen molar-refractivity contribution in [3.8, 4) is 0 Å². The second kappa shape index (κ2) is 4.06. The summed E-state index contributed by atoms with van der Waals surface area (Å²) in [5.74, 6) is 0. The van der Waals surface area contributed by atoms with Crippen LogP contribution >= 0.6 is 0 Å². The molecule has 0 spiro atoms. The first kappa shape index (κ1) is 11.9. The highest BCUT2D eigenvalue weighted by Gasteiger charge is 2.35. The predicted molar refractivity (Wildman–Crippen MR) is 76.9 cm³/mol. The first-order chi connectivity index (χ1) is 9.63. The minimum Gasteiger partial charge on any atom is -0.316 e. The predicted octanol–water partition coefficient (Wildman–Crippen LogP) is 1.13. The quantitative estimate of drug-likeness (QED) is 0.706. The van der Waals surface area contributed by atoms with E-state index in [1.807, 2.05) is 6.07 Å². The lowest BCUT2D eigenvalue weighted by Gasteiger charge is -2.34. The van der Waals surface area contributed by atoms with Gasteiger partial charge in [-0.1, -0.05) is 6.07 Å². The van der Waals surface area contributed by atoms with E-state index in [4.69, 9.17) is 0 Å². The second-order valence-corrected chi connectivity index (χ2v) is 5.99. The summed E-state index contributed by atoms with van der Waals surface area (Å²) >= 11 is 0. The van der Waals surface area contributed by atoms with E-state index in [9.17, 15) is 9.59 Å². The van der Waals surface area contributed by atoms with Gasteiger partial charge in [-0.15, -0.1) is 0 Å². The third-order valence-electron chi connectivity index (χ3n) is 4.85. The summed E-state index contributed by atoms with van der Waals surface area (Å²) in [6.45, 7) is 3.13. The zero-order valence-corrected chi connectivity index (χ0v) is 11.4. The number of hydrogen-bond acceptors (Lipinski definition) is 3. The highest BCUT2D eigenvalue weighted by Crippen LogP contribution is 2.35. The monoisotopic (exact) mass is 271 g/mol. The molecule has 2 aliphatic rings. The topological polar surface area (TPSA) is 69.0 Å². The number of fused-ring (bicyclic) bond motifs is 4. The van der Waals surface area contributed by atoms with Crippen LogP contribution in [-0.2, 0) is 13.0 Å². The van der Waals surface area contributed by atoms with Gasteiger partial charge >= 0.3 is 11.1 Å². The maximum absolute atomic E-state index is 11.6. The third-order valence-corrected chi connectivity index (χ3v) is 4.85. The van der Waals surface area contributed by atoms with Crippen LogP contribution in [0.2, 0.25) is 0 Å². The van der Waals surface area contributed by atoms with Crippen molar-refractivity contribution in [2.24, 2.45) is 0 Å². The van der Waals surface area contributed by atoms with Gasteiger partial charge < -0.3 is 9.97 Å². The van der Waals surface area contributed by atoms with Crippen molar-refractivity contribution in [1.29, 1.82) is 0 Å². The Bertz CT molecular complexity index is 805. The van der Waals surface area contributed by atoms with Crippen LogP contribution in [0.15, 0.2) is 21.7 Å². The van der Waals surface area contributed by atoms with E-state index in [2.05, 4.69) is 27.9 Å². The fourth-order valence-electron chi connectivity index (χ4n) is 3.72. The first-order valence-electron chi connectivity index (χ1n) is 7.16. The molecule has 5 nitrogen and oxygen atoms in total. The summed E-state index contributed by atoms with van der Waals surface area (Å²) in [6.07, 6.45) is 3.53. The fraction of sp³-hybridized carbons (Fsp3) is 0.467. The van der Waals surface area contributed by atoms with E-state index in [0.29, 0.717) is 12.1 Å². The number of rotatable bonds is 0. The second-order valence-electron chi connectivity index (χ2n) is 5.99. The van der Waals surface area contributed by atoms with Gasteiger partial charge in [-0.3, -0.25) is 14.5 Å². The highest BCUT2D eigenvalue weighted by molar-refractivity contribution is 5.79. The zero-order valence-electron chi connectivity index (χ0n) is 11.4. The molecule has 2 unspecified atom stereocenters. The van der Waals surface area contributed by atoms with Gasteiger partial charge in [-0.05, 0) is 43.4 Å². The van der Waals surface area contributed by atoms with Crippen molar-refractivity contribution < 1.29 is 0 Å². The number of aromatic nitrogens is 2. The Balaban J connectivity index is 1.94. The normalized spacial score (nSPS) is 25.6. The number of aromatic amines is 2. The van der Waals surface area contributed by atoms with Gasteiger partial charge in [-0.25, -0.2) is 0 Å². The van der Waals surface area contributed by atoms with Gasteiger partial charge in [-0.2, -0.15) is 0 Å². The number of H-pyrrole nitrogens is 2. The molecule has 0 amide bonds. The molecule has 3 heterocycles. The fourth-order valence-corrected chi connectivity index (χ4v) is 3.72. The van der Waals surface area contributed by atoms with Crippen LogP contribution in [0.1, 0.15) is 30.9 Å². The molecule has 1 aromatic heterocycles. The summed E-state index contributed by atoms with van der Waals surface area (Å²) in [7, 11) is 0. The maximum atomic E-state index is 11.6. The molecule has 4 rings (SSSR count). The molecule has 2 aliphatic heterocycles. The number of nitrogens with one attached hydrogen (secondary N) is 2. The van der Waals surface area contributed by atoms with Crippen molar-refractivity contribution >= 4 is 11.0 Å². The molecule has 0 radical (unpaired) electrons. The molecule has 0 aliphatic carbocycles. The van der Waals surface area contributed by atoms with Gasteiger partial charge in [0.05, 0.1) is 11.0 Å². The van der Waals surface area contributed by atoms with Crippen LogP contribution < -0.4 is 11.1 Å². The molecule has 0 saturated carbocycles. The Labute approximate surface area is 115 Å². The minimum absolute atomic E-state index is 0.567. The standard InChI is InChI=1S/C15H17N3O2/c1-8-2-4-10-6-9-3-5-12-13(11(9)7-18(8)10)17-15(20)14(19)16-12/h3,5,8,10H,2,4,6-7H2,1H3,(H,16,19)(H,17,20). The van der Waals surface area contributed by atoms with Crippen molar-refractivity contribution in [3.05, 3.63) is 44.0 Å². The van der Waals surface area contributed by atoms with E-state index in [-0.39, 0.29) is 0 Å². The average Bonchev–Trinajstić information content (AvgIpc) is 2.79. The van der Waals surface area contributed by atoms with E-state index in [0.717, 1.165) is 24.0 Å². The van der Waals surface area contributed by atoms with Crippen molar-refractivity contribution in [2.45, 2.75) is 44.8 Å². The SMILES string of the molecule is CC1CCC2Cc3ccc4[nH]c(=O)c(=O)[nH]c4c3CN12. The van der Waals surface area contributed by atoms with E-state index in [1.165, 1.54) is 24.0 Å². The number of nitrogens with zero attached hydrogens (tertiary/aromatic N) is 1. The summed E-state index contributed by atoms with van der Waals surface area (Å²) < 4.78 is 0. The van der Waals surface area contributed by atoms with Gasteiger partial charge in [0.25, 0.3) is 0 Å². The lowest BCUT2D eigenvalue weighted by molar-refractivity contribution is 0.180. The molecule has 1 saturated heterocycles. The molecule has 0 bridgehead atoms. The Morgan fingerprint density at radius 1 is 1.15 bits per heavy atom. The lowest BCUT2D eigenvalue weighted by atomic mass is 9.93. The summed E-state index contributed by atoms with van der Waals surface area (Å²) in [4.78, 5) is 31.0. The van der Waals surface area contributed by atoms with Gasteiger partial charge in [0.2, 0.25) is 0 Å². The van der Waals surface area contributed by atoms with Gasteiger partial charge in [0.1, 0.15) is 0 Å². The number of hydrogen-bond donors (Lipinski definition) is 2. The lowest BCUT2D eigenvalue weighted by Crippen LogP contribution is -2.39. The van der Waals surface area contributed by atoms with E-state index >= 15 is 0 Å². The molecular weight excluding hydrogens is 254 g/mol. The minimum atomic E-state index is -0.583. The first-order valence-corrected chi connectivity index (χ1v) is 7.16. The van der Waals surface area contributed by atoms with Crippen LogP contribution in [0.3, 0.4) is 0 Å². The smallest absolute Gasteiger partial charge is 0.314 e. The zero-order chi connectivity index (χ0) is 13.9. The van der Waals surface area contributed by atoms with Crippen LogP contribution in [0.25, 0.3) is 11.0 Å². The summed E-state index contributed by atoms with van der Waals surface area (Å²) in [5.41, 5.74) is 2.84. The molecular formula is C15H17N3O2. The third kappa shape index (κ3) is 1.59. The molecule has 104 valence electrons. The van der Waals surface area contributed by atoms with E-state index in [1.54, 1.807) is 0 Å². The number of benzene rings is 1. The Kier molecular flexibility index (Phi) is 2.41. The maximum Gasteiger partial charge on any atom is 0.314 e. The largest absolute Gasteiger partial charge is 0.316 e.